The van der Waals surface area contributed by atoms with Gasteiger partial charge in [-0.1, -0.05) is 12.1 Å². The van der Waals surface area contributed by atoms with Crippen LogP contribution in [0.25, 0.3) is 0 Å². The number of benzene rings is 1. The van der Waals surface area contributed by atoms with Gasteiger partial charge in [0.2, 0.25) is 5.91 Å². The summed E-state index contributed by atoms with van der Waals surface area (Å²) in [6.45, 7) is 0.258. The summed E-state index contributed by atoms with van der Waals surface area (Å²) < 4.78 is 5.42. The number of carbonyl (C=O) groups is 3. The fraction of sp³-hybridized carbons (Fsp3) is 0.400. The molecule has 0 saturated carbocycles. The van der Waals surface area contributed by atoms with E-state index >= 15 is 0 Å². The number of aliphatic carboxylic acids is 2. The van der Waals surface area contributed by atoms with Gasteiger partial charge in [0.25, 0.3) is 0 Å². The first-order chi connectivity index (χ1) is 10.9. The van der Waals surface area contributed by atoms with Gasteiger partial charge in [-0.05, 0) is 25.0 Å². The van der Waals surface area contributed by atoms with Gasteiger partial charge in [-0.25, -0.2) is 4.79 Å². The quantitative estimate of drug-likeness (QED) is 0.370. The monoisotopic (exact) mass is 324 g/mol. The Labute approximate surface area is 133 Å². The van der Waals surface area contributed by atoms with Crippen LogP contribution >= 0.6 is 0 Å². The van der Waals surface area contributed by atoms with Crippen LogP contribution in [0.5, 0.6) is 5.75 Å². The standard InChI is InChI=1S/C15H20N2O6/c16-10-4-1-2-5-12(10)23-9-3-6-13(18)17-11(15(21)22)7-8-14(19)20/h1-2,4-5,11H,3,6-9,16H2,(H,17,18)(H,19,20)(H,21,22). The smallest absolute Gasteiger partial charge is 0.326 e. The molecule has 1 unspecified atom stereocenters. The number of carboxylic acids is 2. The number of nitrogens with one attached hydrogen (secondary N) is 1. The minimum absolute atomic E-state index is 0.0730. The number of carboxylic acid groups (broad SMARTS) is 2. The van der Waals surface area contributed by atoms with Crippen molar-refractivity contribution in [3.63, 3.8) is 0 Å². The Kier molecular flexibility index (Phi) is 7.38. The van der Waals surface area contributed by atoms with Gasteiger partial charge in [-0.2, -0.15) is 0 Å². The van der Waals surface area contributed by atoms with Crippen LogP contribution in [0.15, 0.2) is 24.3 Å². The second-order valence-corrected chi connectivity index (χ2v) is 4.88. The summed E-state index contributed by atoms with van der Waals surface area (Å²) in [5.74, 6) is -2.31. The van der Waals surface area contributed by atoms with Gasteiger partial charge >= 0.3 is 11.9 Å². The van der Waals surface area contributed by atoms with Gasteiger partial charge in [0.15, 0.2) is 0 Å². The topological polar surface area (TPSA) is 139 Å². The molecule has 0 radical (unpaired) electrons. The molecule has 5 N–H and O–H groups in total. The van der Waals surface area contributed by atoms with E-state index in [1.54, 1.807) is 24.3 Å². The molecule has 0 fully saturated rings. The summed E-state index contributed by atoms with van der Waals surface area (Å²) in [6, 6.07) is 5.75. The third kappa shape index (κ3) is 7.16. The SMILES string of the molecule is Nc1ccccc1OCCCC(=O)NC(CCC(=O)O)C(=O)O. The zero-order valence-corrected chi connectivity index (χ0v) is 12.5. The van der Waals surface area contributed by atoms with Crippen molar-refractivity contribution in [2.75, 3.05) is 12.3 Å². The highest BCUT2D eigenvalue weighted by atomic mass is 16.5. The van der Waals surface area contributed by atoms with Gasteiger partial charge in [0, 0.05) is 12.8 Å². The highest BCUT2D eigenvalue weighted by Crippen LogP contribution is 2.19. The average molecular weight is 324 g/mol. The van der Waals surface area contributed by atoms with E-state index in [0.717, 1.165) is 0 Å². The van der Waals surface area contributed by atoms with Crippen LogP contribution in [-0.2, 0) is 14.4 Å². The molecular weight excluding hydrogens is 304 g/mol. The third-order valence-electron chi connectivity index (χ3n) is 3.00. The molecule has 1 aromatic carbocycles. The highest BCUT2D eigenvalue weighted by molar-refractivity contribution is 5.83. The van der Waals surface area contributed by atoms with Crippen LogP contribution in [-0.4, -0.2) is 40.7 Å². The van der Waals surface area contributed by atoms with Crippen molar-refractivity contribution in [1.29, 1.82) is 0 Å². The van der Waals surface area contributed by atoms with Crippen molar-refractivity contribution in [3.05, 3.63) is 24.3 Å². The summed E-state index contributed by atoms with van der Waals surface area (Å²) in [4.78, 5) is 33.1. The largest absolute Gasteiger partial charge is 0.491 e. The Morgan fingerprint density at radius 1 is 1.17 bits per heavy atom. The lowest BCUT2D eigenvalue weighted by molar-refractivity contribution is -0.143. The Balaban J connectivity index is 2.31. The molecule has 0 aromatic heterocycles. The first kappa shape index (κ1) is 18.3. The molecule has 1 amide bonds. The highest BCUT2D eigenvalue weighted by Gasteiger charge is 2.20. The predicted octanol–water partition coefficient (Wildman–Crippen LogP) is 0.862. The number of nitrogen functional groups attached to an aromatic ring is 1. The lowest BCUT2D eigenvalue weighted by Gasteiger charge is -2.13. The van der Waals surface area contributed by atoms with E-state index in [1.165, 1.54) is 0 Å². The molecule has 0 aliphatic carbocycles. The van der Waals surface area contributed by atoms with Gasteiger partial charge in [0.1, 0.15) is 11.8 Å². The van der Waals surface area contributed by atoms with Crippen LogP contribution in [0.3, 0.4) is 0 Å². The molecule has 126 valence electrons. The first-order valence-electron chi connectivity index (χ1n) is 7.11. The van der Waals surface area contributed by atoms with E-state index in [-0.39, 0.29) is 25.9 Å². The number of nitrogens with two attached hydrogens (primary N) is 1. The number of hydrogen-bond acceptors (Lipinski definition) is 5. The van der Waals surface area contributed by atoms with Gasteiger partial charge in [-0.15, -0.1) is 0 Å². The minimum Gasteiger partial charge on any atom is -0.491 e. The summed E-state index contributed by atoms with van der Waals surface area (Å²) in [6.07, 6.45) is -0.0316. The Hall–Kier alpha value is -2.77. The van der Waals surface area contributed by atoms with Crippen LogP contribution in [0.1, 0.15) is 25.7 Å². The van der Waals surface area contributed by atoms with E-state index in [9.17, 15) is 14.4 Å². The average Bonchev–Trinajstić information content (AvgIpc) is 2.49. The van der Waals surface area contributed by atoms with Gasteiger partial charge in [0.05, 0.1) is 12.3 Å². The van der Waals surface area contributed by atoms with Crippen molar-refractivity contribution < 1.29 is 29.3 Å². The normalized spacial score (nSPS) is 11.5. The molecule has 0 heterocycles. The molecule has 1 aromatic rings. The molecule has 0 bridgehead atoms. The Morgan fingerprint density at radius 3 is 2.48 bits per heavy atom. The molecular formula is C15H20N2O6. The fourth-order valence-corrected chi connectivity index (χ4v) is 1.82. The number of ether oxygens (including phenoxy) is 1. The molecule has 1 rings (SSSR count). The van der Waals surface area contributed by atoms with Crippen molar-refractivity contribution in [2.24, 2.45) is 0 Å². The maximum atomic E-state index is 11.7. The number of amides is 1. The van der Waals surface area contributed by atoms with E-state index in [2.05, 4.69) is 5.32 Å². The van der Waals surface area contributed by atoms with Crippen molar-refractivity contribution in [3.8, 4) is 5.75 Å². The van der Waals surface area contributed by atoms with E-state index in [0.29, 0.717) is 17.9 Å². The van der Waals surface area contributed by atoms with Crippen molar-refractivity contribution >= 4 is 23.5 Å². The first-order valence-corrected chi connectivity index (χ1v) is 7.11. The van der Waals surface area contributed by atoms with Crippen molar-refractivity contribution in [1.82, 2.24) is 5.32 Å². The van der Waals surface area contributed by atoms with Gasteiger partial charge < -0.3 is 26.0 Å². The van der Waals surface area contributed by atoms with E-state index < -0.39 is 23.9 Å². The summed E-state index contributed by atoms with van der Waals surface area (Å²) in [5.41, 5.74) is 6.20. The second kappa shape index (κ2) is 9.29. The lowest BCUT2D eigenvalue weighted by atomic mass is 10.1. The molecule has 1 atom stereocenters. The maximum absolute atomic E-state index is 11.7. The second-order valence-electron chi connectivity index (χ2n) is 4.88. The number of rotatable bonds is 10. The van der Waals surface area contributed by atoms with Crippen LogP contribution < -0.4 is 15.8 Å². The molecule has 0 saturated heterocycles. The Bertz CT molecular complexity index is 561. The zero-order valence-electron chi connectivity index (χ0n) is 12.5. The minimum atomic E-state index is -1.26. The molecule has 8 nitrogen and oxygen atoms in total. The van der Waals surface area contributed by atoms with Crippen LogP contribution in [0, 0.1) is 0 Å². The summed E-state index contributed by atoms with van der Waals surface area (Å²) in [7, 11) is 0. The van der Waals surface area contributed by atoms with Crippen LogP contribution in [0.4, 0.5) is 5.69 Å². The predicted molar refractivity (Wildman–Crippen MR) is 82.0 cm³/mol. The summed E-state index contributed by atoms with van der Waals surface area (Å²) >= 11 is 0. The number of carbonyl (C=O) groups excluding carboxylic acids is 1. The number of hydrogen-bond donors (Lipinski definition) is 4. The van der Waals surface area contributed by atoms with E-state index in [4.69, 9.17) is 20.7 Å². The van der Waals surface area contributed by atoms with Gasteiger partial charge in [-0.3, -0.25) is 9.59 Å². The number of para-hydroxylation sites is 2. The summed E-state index contributed by atoms with van der Waals surface area (Å²) in [5, 5.41) is 19.8. The fourth-order valence-electron chi connectivity index (χ4n) is 1.82. The Morgan fingerprint density at radius 2 is 1.87 bits per heavy atom. The third-order valence-corrected chi connectivity index (χ3v) is 3.00. The zero-order chi connectivity index (χ0) is 17.2. The maximum Gasteiger partial charge on any atom is 0.326 e. The molecule has 8 heteroatoms. The lowest BCUT2D eigenvalue weighted by Crippen LogP contribution is -2.41. The van der Waals surface area contributed by atoms with Crippen LogP contribution in [0.2, 0.25) is 0 Å². The number of anilines is 1. The molecule has 0 aliphatic rings. The molecule has 23 heavy (non-hydrogen) atoms. The van der Waals surface area contributed by atoms with Crippen molar-refractivity contribution in [2.45, 2.75) is 31.7 Å². The molecule has 0 aliphatic heterocycles. The molecule has 0 spiro atoms. The van der Waals surface area contributed by atoms with E-state index in [1.807, 2.05) is 0 Å².